The van der Waals surface area contributed by atoms with Crippen LogP contribution in [-0.2, 0) is 20.8 Å². The molecule has 0 fully saturated rings. The van der Waals surface area contributed by atoms with Gasteiger partial charge < -0.3 is 5.11 Å². The predicted octanol–water partition coefficient (Wildman–Crippen LogP) is 0.298. The molecule has 0 saturated heterocycles. The van der Waals surface area contributed by atoms with E-state index in [1.165, 1.54) is 18.4 Å². The number of hydrogen-bond donors (Lipinski definition) is 1. The summed E-state index contributed by atoms with van der Waals surface area (Å²) in [6.45, 7) is -0.0716. The fourth-order valence-corrected chi connectivity index (χ4v) is 4.21. The lowest BCUT2D eigenvalue weighted by molar-refractivity contribution is 0.0695. The summed E-state index contributed by atoms with van der Waals surface area (Å²) < 4.78 is 36.3. The number of carbonyl (C=O) groups is 2. The minimum absolute atomic E-state index is 0.0300. The summed E-state index contributed by atoms with van der Waals surface area (Å²) in [5, 5.41) is 8.89. The maximum atomic E-state index is 12.3. The van der Waals surface area contributed by atoms with Crippen molar-refractivity contribution < 1.29 is 27.3 Å². The average Bonchev–Trinajstić information content (AvgIpc) is 2.59. The number of carboxylic acids is 1. The fourth-order valence-electron chi connectivity index (χ4n) is 2.04. The summed E-state index contributed by atoms with van der Waals surface area (Å²) >= 11 is 0. The number of amides is 1. The molecule has 21 heavy (non-hydrogen) atoms. The van der Waals surface area contributed by atoms with E-state index in [0.29, 0.717) is 4.31 Å². The monoisotopic (exact) mass is 331 g/mol. The Kier molecular flexibility index (Phi) is 4.15. The van der Waals surface area contributed by atoms with Crippen LogP contribution < -0.4 is 0 Å². The fraction of sp³-hybridized carbons (Fsp3) is 0.333. The summed E-state index contributed by atoms with van der Waals surface area (Å²) in [5.41, 5.74) is -0.223. The average molecular weight is 331 g/mol. The number of nitrogens with zero attached hydrogens (tertiary/aromatic N) is 1. The quantitative estimate of drug-likeness (QED) is 0.831. The van der Waals surface area contributed by atoms with Gasteiger partial charge in [-0.3, -0.25) is 9.00 Å². The van der Waals surface area contributed by atoms with Gasteiger partial charge in [-0.25, -0.2) is 17.5 Å². The first-order chi connectivity index (χ1) is 9.75. The van der Waals surface area contributed by atoms with Gasteiger partial charge in [0.1, 0.15) is 4.90 Å². The zero-order valence-electron chi connectivity index (χ0n) is 11.1. The van der Waals surface area contributed by atoms with Crippen LogP contribution in [0.15, 0.2) is 23.1 Å². The van der Waals surface area contributed by atoms with Crippen molar-refractivity contribution in [3.8, 4) is 0 Å². The lowest BCUT2D eigenvalue weighted by atomic mass is 10.1. The SMILES string of the molecule is CS(=O)CCCN1C(=O)c2ccc(C(=O)O)cc2S1(=O)=O. The first-order valence-corrected chi connectivity index (χ1v) is 9.16. The zero-order valence-corrected chi connectivity index (χ0v) is 12.7. The molecule has 0 spiro atoms. The molecule has 1 amide bonds. The normalized spacial score (nSPS) is 17.6. The Morgan fingerprint density at radius 3 is 2.62 bits per heavy atom. The van der Waals surface area contributed by atoms with E-state index in [0.717, 1.165) is 6.07 Å². The van der Waals surface area contributed by atoms with Gasteiger partial charge in [-0.1, -0.05) is 0 Å². The third-order valence-electron chi connectivity index (χ3n) is 3.05. The van der Waals surface area contributed by atoms with Crippen molar-refractivity contribution in [2.45, 2.75) is 11.3 Å². The van der Waals surface area contributed by atoms with Gasteiger partial charge in [0.05, 0.1) is 11.1 Å². The van der Waals surface area contributed by atoms with Crippen molar-refractivity contribution in [1.29, 1.82) is 0 Å². The highest BCUT2D eigenvalue weighted by atomic mass is 32.2. The number of carboxylic acid groups (broad SMARTS) is 1. The molecule has 0 aliphatic carbocycles. The Morgan fingerprint density at radius 1 is 1.38 bits per heavy atom. The molecule has 1 aliphatic heterocycles. The summed E-state index contributed by atoms with van der Waals surface area (Å²) in [6.07, 6.45) is 1.78. The number of benzene rings is 1. The number of sulfonamides is 1. The molecule has 114 valence electrons. The summed E-state index contributed by atoms with van der Waals surface area (Å²) in [5.74, 6) is -1.65. The Balaban J connectivity index is 2.35. The number of fused-ring (bicyclic) bond motifs is 1. The van der Waals surface area contributed by atoms with Crippen molar-refractivity contribution >= 4 is 32.7 Å². The third-order valence-corrected chi connectivity index (χ3v) is 5.73. The molecule has 1 atom stereocenters. The van der Waals surface area contributed by atoms with E-state index in [9.17, 15) is 22.2 Å². The summed E-state index contributed by atoms with van der Waals surface area (Å²) in [6, 6.07) is 3.39. The molecule has 1 unspecified atom stereocenters. The Morgan fingerprint density at radius 2 is 2.05 bits per heavy atom. The van der Waals surface area contributed by atoms with Gasteiger partial charge in [-0.2, -0.15) is 0 Å². The topological polar surface area (TPSA) is 109 Å². The maximum absolute atomic E-state index is 12.3. The van der Waals surface area contributed by atoms with Crippen molar-refractivity contribution in [2.24, 2.45) is 0 Å². The zero-order chi connectivity index (χ0) is 15.8. The highest BCUT2D eigenvalue weighted by Gasteiger charge is 2.41. The molecule has 1 aromatic rings. The van der Waals surface area contributed by atoms with Gasteiger partial charge in [-0.05, 0) is 24.6 Å². The Hall–Kier alpha value is -1.74. The maximum Gasteiger partial charge on any atom is 0.335 e. The van der Waals surface area contributed by atoms with Crippen LogP contribution in [0.1, 0.15) is 27.1 Å². The predicted molar refractivity (Wildman–Crippen MR) is 75.2 cm³/mol. The Labute approximate surface area is 124 Å². The first kappa shape index (κ1) is 15.6. The summed E-state index contributed by atoms with van der Waals surface area (Å²) in [4.78, 5) is 22.7. The van der Waals surface area contributed by atoms with Crippen molar-refractivity contribution in [3.05, 3.63) is 29.3 Å². The van der Waals surface area contributed by atoms with E-state index >= 15 is 0 Å². The van der Waals surface area contributed by atoms with E-state index in [1.807, 2.05) is 0 Å². The lowest BCUT2D eigenvalue weighted by Crippen LogP contribution is -2.31. The van der Waals surface area contributed by atoms with Crippen LogP contribution in [-0.4, -0.2) is 52.5 Å². The molecule has 2 rings (SSSR count). The molecule has 0 bridgehead atoms. The Bertz CT molecular complexity index is 740. The van der Waals surface area contributed by atoms with E-state index < -0.39 is 32.7 Å². The molecular formula is C12H13NO6S2. The minimum atomic E-state index is -4.03. The molecule has 1 heterocycles. The second-order valence-corrected chi connectivity index (χ2v) is 7.91. The van der Waals surface area contributed by atoms with Crippen LogP contribution in [0.3, 0.4) is 0 Å². The van der Waals surface area contributed by atoms with Crippen LogP contribution in [0.25, 0.3) is 0 Å². The standard InChI is InChI=1S/C12H13NO6S2/c1-20(17)6-2-5-13-11(14)9-4-3-8(12(15)16)7-10(9)21(13,18)19/h3-4,7H,2,5-6H2,1H3,(H,15,16). The van der Waals surface area contributed by atoms with Crippen molar-refractivity contribution in [3.63, 3.8) is 0 Å². The molecule has 1 aromatic carbocycles. The van der Waals surface area contributed by atoms with Gasteiger partial charge in [0, 0.05) is 29.4 Å². The van der Waals surface area contributed by atoms with Gasteiger partial charge in [0.15, 0.2) is 0 Å². The van der Waals surface area contributed by atoms with Gasteiger partial charge >= 0.3 is 5.97 Å². The second-order valence-electron chi connectivity index (χ2n) is 4.53. The molecule has 0 saturated carbocycles. The molecule has 1 N–H and O–H groups in total. The van der Waals surface area contributed by atoms with Gasteiger partial charge in [-0.15, -0.1) is 0 Å². The van der Waals surface area contributed by atoms with Crippen LogP contribution in [0.2, 0.25) is 0 Å². The van der Waals surface area contributed by atoms with E-state index in [-0.39, 0.29) is 34.7 Å². The lowest BCUT2D eigenvalue weighted by Gasteiger charge is -2.14. The van der Waals surface area contributed by atoms with E-state index in [1.54, 1.807) is 0 Å². The number of hydrogen-bond acceptors (Lipinski definition) is 5. The molecule has 0 radical (unpaired) electrons. The summed E-state index contributed by atoms with van der Waals surface area (Å²) in [7, 11) is -5.10. The van der Waals surface area contributed by atoms with Crippen LogP contribution >= 0.6 is 0 Å². The second kappa shape index (κ2) is 5.57. The van der Waals surface area contributed by atoms with E-state index in [4.69, 9.17) is 5.11 Å². The molecule has 0 aromatic heterocycles. The molecule has 7 nitrogen and oxygen atoms in total. The van der Waals surface area contributed by atoms with Gasteiger partial charge in [0.2, 0.25) is 0 Å². The van der Waals surface area contributed by atoms with Crippen LogP contribution in [0.5, 0.6) is 0 Å². The van der Waals surface area contributed by atoms with Crippen molar-refractivity contribution in [2.75, 3.05) is 18.6 Å². The molecule has 9 heteroatoms. The van der Waals surface area contributed by atoms with Crippen molar-refractivity contribution in [1.82, 2.24) is 4.31 Å². The number of aromatic carboxylic acids is 1. The van der Waals surface area contributed by atoms with Gasteiger partial charge in [0.25, 0.3) is 15.9 Å². The largest absolute Gasteiger partial charge is 0.478 e. The molecule has 1 aliphatic rings. The number of carbonyl (C=O) groups excluding carboxylic acids is 1. The van der Waals surface area contributed by atoms with Crippen LogP contribution in [0, 0.1) is 0 Å². The highest BCUT2D eigenvalue weighted by Crippen LogP contribution is 2.31. The number of rotatable bonds is 5. The molecular weight excluding hydrogens is 318 g/mol. The smallest absolute Gasteiger partial charge is 0.335 e. The van der Waals surface area contributed by atoms with Crippen LogP contribution in [0.4, 0.5) is 0 Å². The third kappa shape index (κ3) is 2.84. The van der Waals surface area contributed by atoms with E-state index in [2.05, 4.69) is 0 Å². The first-order valence-electron chi connectivity index (χ1n) is 5.99. The minimum Gasteiger partial charge on any atom is -0.478 e. The highest BCUT2D eigenvalue weighted by molar-refractivity contribution is 7.90.